The number of rotatable bonds is 5. The van der Waals surface area contributed by atoms with E-state index in [1.54, 1.807) is 36.4 Å². The van der Waals surface area contributed by atoms with E-state index in [4.69, 9.17) is 26.7 Å². The molecule has 10 heteroatoms. The molecule has 2 aliphatic rings. The highest BCUT2D eigenvalue weighted by molar-refractivity contribution is 8.26. The first kappa shape index (κ1) is 24.5. The van der Waals surface area contributed by atoms with Crippen LogP contribution >= 0.6 is 24.0 Å². The molecule has 186 valence electrons. The Morgan fingerprint density at radius 3 is 2.56 bits per heavy atom. The molecule has 0 saturated carbocycles. The summed E-state index contributed by atoms with van der Waals surface area (Å²) in [6, 6.07) is 12.9. The number of hydrogen-bond acceptors (Lipinski definition) is 8. The van der Waals surface area contributed by atoms with E-state index in [1.807, 2.05) is 44.2 Å². The van der Waals surface area contributed by atoms with Gasteiger partial charge in [-0.05, 0) is 49.8 Å². The van der Waals surface area contributed by atoms with Crippen molar-refractivity contribution in [3.63, 3.8) is 0 Å². The topological polar surface area (TPSA) is 76.4 Å². The molecule has 0 aliphatic carbocycles. The zero-order valence-electron chi connectivity index (χ0n) is 20.2. The first-order valence-electron chi connectivity index (χ1n) is 11.6. The van der Waals surface area contributed by atoms with Crippen molar-refractivity contribution in [3.8, 4) is 5.75 Å². The number of thioether (sulfide) groups is 1. The van der Waals surface area contributed by atoms with Crippen molar-refractivity contribution in [1.82, 2.24) is 14.3 Å². The predicted molar refractivity (Wildman–Crippen MR) is 145 cm³/mol. The van der Waals surface area contributed by atoms with Crippen molar-refractivity contribution in [2.24, 2.45) is 0 Å². The number of benzene rings is 1. The number of fused-ring (bicyclic) bond motifs is 1. The summed E-state index contributed by atoms with van der Waals surface area (Å²) in [5.41, 5.74) is 1.61. The number of carbonyl (C=O) groups is 1. The second-order valence-corrected chi connectivity index (χ2v) is 10.5. The van der Waals surface area contributed by atoms with Crippen LogP contribution in [0.1, 0.15) is 25.0 Å². The van der Waals surface area contributed by atoms with Crippen LogP contribution in [0.3, 0.4) is 0 Å². The minimum Gasteiger partial charge on any atom is -0.497 e. The fraction of sp³-hybridized carbons (Fsp3) is 0.308. The Morgan fingerprint density at radius 2 is 1.86 bits per heavy atom. The highest BCUT2D eigenvalue weighted by atomic mass is 32.2. The molecule has 2 fully saturated rings. The van der Waals surface area contributed by atoms with Crippen LogP contribution in [0.2, 0.25) is 0 Å². The zero-order chi connectivity index (χ0) is 25.4. The lowest BCUT2D eigenvalue weighted by atomic mass is 10.1. The van der Waals surface area contributed by atoms with E-state index < -0.39 is 0 Å². The summed E-state index contributed by atoms with van der Waals surface area (Å²) in [5.74, 6) is 1.06. The van der Waals surface area contributed by atoms with Crippen LogP contribution in [0.5, 0.6) is 5.75 Å². The predicted octanol–water partition coefficient (Wildman–Crippen LogP) is 3.72. The molecule has 2 aliphatic heterocycles. The number of anilines is 1. The Hall–Kier alpha value is -3.21. The van der Waals surface area contributed by atoms with E-state index in [0.29, 0.717) is 45.9 Å². The van der Waals surface area contributed by atoms with Gasteiger partial charge in [0.05, 0.1) is 36.3 Å². The molecule has 0 bridgehead atoms. The Labute approximate surface area is 218 Å². The van der Waals surface area contributed by atoms with Crippen LogP contribution < -0.4 is 15.2 Å². The van der Waals surface area contributed by atoms with Gasteiger partial charge in [-0.2, -0.15) is 0 Å². The van der Waals surface area contributed by atoms with Crippen LogP contribution in [0, 0.1) is 0 Å². The first-order valence-corrected chi connectivity index (χ1v) is 12.9. The quantitative estimate of drug-likeness (QED) is 0.371. The van der Waals surface area contributed by atoms with Gasteiger partial charge in [0.15, 0.2) is 0 Å². The molecule has 1 aromatic carbocycles. The van der Waals surface area contributed by atoms with Crippen molar-refractivity contribution >= 4 is 51.7 Å². The van der Waals surface area contributed by atoms with E-state index in [0.717, 1.165) is 11.3 Å². The van der Waals surface area contributed by atoms with E-state index >= 15 is 0 Å². The molecule has 1 amide bonds. The largest absolute Gasteiger partial charge is 0.497 e. The first-order chi connectivity index (χ1) is 17.3. The summed E-state index contributed by atoms with van der Waals surface area (Å²) in [6.07, 6.45) is 3.30. The molecular formula is C26H26N4O4S2. The van der Waals surface area contributed by atoms with Gasteiger partial charge in [0.1, 0.15) is 21.5 Å². The minimum absolute atomic E-state index is 0.0136. The molecule has 0 unspecified atom stereocenters. The molecule has 0 radical (unpaired) electrons. The number of thiocarbonyl (C=S) groups is 1. The molecule has 0 spiro atoms. The van der Waals surface area contributed by atoms with Gasteiger partial charge in [0.2, 0.25) is 0 Å². The zero-order valence-corrected chi connectivity index (χ0v) is 21.8. The van der Waals surface area contributed by atoms with Crippen molar-refractivity contribution in [1.29, 1.82) is 0 Å². The lowest BCUT2D eigenvalue weighted by Gasteiger charge is -2.36. The van der Waals surface area contributed by atoms with Crippen molar-refractivity contribution in [3.05, 3.63) is 75.0 Å². The minimum atomic E-state index is -0.233. The molecule has 2 atom stereocenters. The SMILES string of the molecule is COc1ccc(CN2C(=O)/C(=C/c3c(N4C[C@@H](C)O[C@@H](C)C4)nc4ccccn4c3=O)SC2=S)cc1. The number of ether oxygens (including phenoxy) is 2. The van der Waals surface area contributed by atoms with Gasteiger partial charge in [0, 0.05) is 19.3 Å². The summed E-state index contributed by atoms with van der Waals surface area (Å²) in [5, 5.41) is 0. The highest BCUT2D eigenvalue weighted by Crippen LogP contribution is 2.35. The van der Waals surface area contributed by atoms with E-state index in [2.05, 4.69) is 4.90 Å². The maximum absolute atomic E-state index is 13.6. The number of carbonyl (C=O) groups excluding carboxylic acids is 1. The average Bonchev–Trinajstić information content (AvgIpc) is 3.12. The molecule has 4 heterocycles. The van der Waals surface area contributed by atoms with Gasteiger partial charge in [0.25, 0.3) is 11.5 Å². The standard InChI is InChI=1S/C26H26N4O4S2/c1-16-13-28(14-17(2)34-16)23-20(24(31)29-11-5-4-6-22(29)27-23)12-21-25(32)30(26(35)36-21)15-18-7-9-19(33-3)10-8-18/h4-12,16-17H,13-15H2,1-3H3/b21-12-/t16-,17+. The lowest BCUT2D eigenvalue weighted by Crippen LogP contribution is -2.46. The third kappa shape index (κ3) is 4.76. The fourth-order valence-electron chi connectivity index (χ4n) is 4.49. The van der Waals surface area contributed by atoms with E-state index in [9.17, 15) is 9.59 Å². The second-order valence-electron chi connectivity index (χ2n) is 8.86. The molecule has 0 N–H and O–H groups in total. The van der Waals surface area contributed by atoms with Gasteiger partial charge in [-0.3, -0.25) is 18.9 Å². The normalized spacial score (nSPS) is 21.6. The highest BCUT2D eigenvalue weighted by Gasteiger charge is 2.33. The molecule has 8 nitrogen and oxygen atoms in total. The number of amides is 1. The Balaban J connectivity index is 1.53. The molecule has 5 rings (SSSR count). The van der Waals surface area contributed by atoms with Crippen LogP contribution in [0.4, 0.5) is 5.82 Å². The third-order valence-electron chi connectivity index (χ3n) is 6.12. The smallest absolute Gasteiger partial charge is 0.267 e. The molecular weight excluding hydrogens is 496 g/mol. The van der Waals surface area contributed by atoms with Crippen LogP contribution in [-0.2, 0) is 16.1 Å². The summed E-state index contributed by atoms with van der Waals surface area (Å²) in [6.45, 7) is 5.53. The van der Waals surface area contributed by atoms with Gasteiger partial charge in [-0.25, -0.2) is 4.98 Å². The van der Waals surface area contributed by atoms with Gasteiger partial charge in [-0.1, -0.05) is 42.2 Å². The molecule has 36 heavy (non-hydrogen) atoms. The maximum atomic E-state index is 13.6. The monoisotopic (exact) mass is 522 g/mol. The molecule has 2 aromatic heterocycles. The van der Waals surface area contributed by atoms with Crippen molar-refractivity contribution in [2.75, 3.05) is 25.1 Å². The van der Waals surface area contributed by atoms with Crippen LogP contribution in [0.15, 0.2) is 58.4 Å². The Kier molecular flexibility index (Phi) is 6.83. The van der Waals surface area contributed by atoms with Crippen molar-refractivity contribution in [2.45, 2.75) is 32.6 Å². The summed E-state index contributed by atoms with van der Waals surface area (Å²) in [7, 11) is 1.61. The third-order valence-corrected chi connectivity index (χ3v) is 7.49. The number of methoxy groups -OCH3 is 1. The molecule has 3 aromatic rings. The summed E-state index contributed by atoms with van der Waals surface area (Å²) >= 11 is 6.73. The number of nitrogens with zero attached hydrogens (tertiary/aromatic N) is 4. The second kappa shape index (κ2) is 10.0. The van der Waals surface area contributed by atoms with Gasteiger partial charge >= 0.3 is 0 Å². The van der Waals surface area contributed by atoms with E-state index in [-0.39, 0.29) is 23.7 Å². The fourth-order valence-corrected chi connectivity index (χ4v) is 5.73. The summed E-state index contributed by atoms with van der Waals surface area (Å²) in [4.78, 5) is 35.8. The number of hydrogen-bond donors (Lipinski definition) is 0. The van der Waals surface area contributed by atoms with Crippen LogP contribution in [0.25, 0.3) is 11.7 Å². The van der Waals surface area contributed by atoms with Crippen molar-refractivity contribution < 1.29 is 14.3 Å². The summed E-state index contributed by atoms with van der Waals surface area (Å²) < 4.78 is 13.1. The Morgan fingerprint density at radius 1 is 1.14 bits per heavy atom. The van der Waals surface area contributed by atoms with E-state index in [1.165, 1.54) is 16.2 Å². The van der Waals surface area contributed by atoms with Gasteiger partial charge < -0.3 is 14.4 Å². The van der Waals surface area contributed by atoms with Gasteiger partial charge in [-0.15, -0.1) is 0 Å². The Bertz CT molecular complexity index is 1410. The van der Waals surface area contributed by atoms with Crippen LogP contribution in [-0.4, -0.2) is 56.9 Å². The maximum Gasteiger partial charge on any atom is 0.267 e. The molecule has 2 saturated heterocycles. The average molecular weight is 523 g/mol. The number of pyridine rings is 1. The lowest BCUT2D eigenvalue weighted by molar-refractivity contribution is -0.122. The number of aromatic nitrogens is 2. The number of morpholine rings is 1.